The van der Waals surface area contributed by atoms with Gasteiger partial charge in [0.15, 0.2) is 0 Å². The second kappa shape index (κ2) is 11.9. The molecule has 2 unspecified atom stereocenters. The van der Waals surface area contributed by atoms with Gasteiger partial charge < -0.3 is 9.47 Å². The van der Waals surface area contributed by atoms with Crippen LogP contribution in [0.15, 0.2) is 0 Å². The molecule has 0 saturated heterocycles. The molecule has 0 N–H and O–H groups in total. The lowest BCUT2D eigenvalue weighted by Gasteiger charge is -2.19. The smallest absolute Gasteiger partial charge is 0.431 e. The number of carbonyl (C=O) groups is 1. The van der Waals surface area contributed by atoms with Gasteiger partial charge in [0.1, 0.15) is 12.2 Å². The van der Waals surface area contributed by atoms with E-state index in [2.05, 4.69) is 0 Å². The molecular formula is C13H24Cl2O3. The molecule has 2 atom stereocenters. The molecule has 0 aliphatic carbocycles. The second-order valence-electron chi connectivity index (χ2n) is 4.26. The zero-order chi connectivity index (χ0) is 13.8. The van der Waals surface area contributed by atoms with Gasteiger partial charge >= 0.3 is 6.16 Å². The molecule has 0 aliphatic rings. The van der Waals surface area contributed by atoms with Crippen LogP contribution in [0.3, 0.4) is 0 Å². The molecule has 0 saturated carbocycles. The van der Waals surface area contributed by atoms with Crippen molar-refractivity contribution in [3.8, 4) is 0 Å². The van der Waals surface area contributed by atoms with Crippen LogP contribution in [-0.4, -0.2) is 30.1 Å². The van der Waals surface area contributed by atoms with Crippen LogP contribution in [0.2, 0.25) is 0 Å². The van der Waals surface area contributed by atoms with Gasteiger partial charge in [-0.2, -0.15) is 0 Å². The van der Waals surface area contributed by atoms with Crippen LogP contribution in [0, 0.1) is 0 Å². The van der Waals surface area contributed by atoms with Gasteiger partial charge in [0.05, 0.1) is 0 Å². The van der Waals surface area contributed by atoms with Crippen molar-refractivity contribution in [2.45, 2.75) is 64.6 Å². The number of rotatable bonds is 10. The Morgan fingerprint density at radius 1 is 0.889 bits per heavy atom. The van der Waals surface area contributed by atoms with Crippen LogP contribution in [0.1, 0.15) is 52.4 Å². The molecule has 0 spiro atoms. The van der Waals surface area contributed by atoms with Crippen LogP contribution < -0.4 is 0 Å². The standard InChI is InChI=1S/C13H24Cl2O3/c1-3-5-11(7-9-14)17-13(16)18-12(6-4-2)8-10-15/h11-12H,3-10H2,1-2H3. The molecule has 0 radical (unpaired) electrons. The Bertz CT molecular complexity index is 180. The van der Waals surface area contributed by atoms with E-state index in [0.717, 1.165) is 25.7 Å². The summed E-state index contributed by atoms with van der Waals surface area (Å²) in [5, 5.41) is 0. The Morgan fingerprint density at radius 3 is 1.56 bits per heavy atom. The Morgan fingerprint density at radius 2 is 1.28 bits per heavy atom. The van der Waals surface area contributed by atoms with E-state index in [4.69, 9.17) is 32.7 Å². The Kier molecular flexibility index (Phi) is 11.8. The van der Waals surface area contributed by atoms with Crippen molar-refractivity contribution < 1.29 is 14.3 Å². The Balaban J connectivity index is 4.09. The summed E-state index contributed by atoms with van der Waals surface area (Å²) in [4.78, 5) is 11.6. The molecule has 0 rings (SSSR count). The van der Waals surface area contributed by atoms with E-state index >= 15 is 0 Å². The first-order valence-corrected chi connectivity index (χ1v) is 7.73. The minimum Gasteiger partial charge on any atom is -0.431 e. The lowest BCUT2D eigenvalue weighted by molar-refractivity contribution is -0.00735. The predicted molar refractivity (Wildman–Crippen MR) is 75.6 cm³/mol. The summed E-state index contributed by atoms with van der Waals surface area (Å²) in [5.41, 5.74) is 0. The monoisotopic (exact) mass is 298 g/mol. The molecule has 0 bridgehead atoms. The third kappa shape index (κ3) is 8.87. The first-order chi connectivity index (χ1) is 8.67. The predicted octanol–water partition coefficient (Wildman–Crippen LogP) is 4.73. The first-order valence-electron chi connectivity index (χ1n) is 6.67. The third-order valence-electron chi connectivity index (χ3n) is 2.61. The number of ether oxygens (including phenoxy) is 2. The van der Waals surface area contributed by atoms with E-state index in [-0.39, 0.29) is 12.2 Å². The average molecular weight is 299 g/mol. The summed E-state index contributed by atoms with van der Waals surface area (Å²) >= 11 is 11.3. The number of carbonyl (C=O) groups excluding carboxylic acids is 1. The highest BCUT2D eigenvalue weighted by atomic mass is 35.5. The minimum absolute atomic E-state index is 0.140. The molecule has 108 valence electrons. The van der Waals surface area contributed by atoms with E-state index in [0.29, 0.717) is 24.6 Å². The molecule has 0 fully saturated rings. The normalized spacial score (nSPS) is 14.0. The topological polar surface area (TPSA) is 35.5 Å². The fraction of sp³-hybridized carbons (Fsp3) is 0.923. The maximum Gasteiger partial charge on any atom is 0.508 e. The van der Waals surface area contributed by atoms with Gasteiger partial charge in [-0.1, -0.05) is 26.7 Å². The number of alkyl halides is 2. The molecule has 0 aromatic rings. The van der Waals surface area contributed by atoms with Crippen LogP contribution in [0.4, 0.5) is 4.79 Å². The highest BCUT2D eigenvalue weighted by Crippen LogP contribution is 2.13. The average Bonchev–Trinajstić information content (AvgIpc) is 2.30. The van der Waals surface area contributed by atoms with Gasteiger partial charge in [0.25, 0.3) is 0 Å². The van der Waals surface area contributed by atoms with Gasteiger partial charge in [0.2, 0.25) is 0 Å². The molecule has 0 heterocycles. The van der Waals surface area contributed by atoms with Gasteiger partial charge in [0, 0.05) is 11.8 Å². The van der Waals surface area contributed by atoms with E-state index in [1.165, 1.54) is 0 Å². The quantitative estimate of drug-likeness (QED) is 0.432. The molecule has 18 heavy (non-hydrogen) atoms. The van der Waals surface area contributed by atoms with Crippen LogP contribution >= 0.6 is 23.2 Å². The summed E-state index contributed by atoms with van der Waals surface area (Å²) in [7, 11) is 0. The van der Waals surface area contributed by atoms with Gasteiger partial charge in [-0.25, -0.2) is 4.79 Å². The molecule has 3 nitrogen and oxygen atoms in total. The fourth-order valence-electron chi connectivity index (χ4n) is 1.71. The molecule has 0 aliphatic heterocycles. The van der Waals surface area contributed by atoms with Gasteiger partial charge in [-0.15, -0.1) is 23.2 Å². The van der Waals surface area contributed by atoms with Crippen LogP contribution in [0.5, 0.6) is 0 Å². The summed E-state index contributed by atoms with van der Waals surface area (Å²) in [6.45, 7) is 4.09. The van der Waals surface area contributed by atoms with E-state index in [9.17, 15) is 4.79 Å². The van der Waals surface area contributed by atoms with E-state index in [1.54, 1.807) is 0 Å². The maximum atomic E-state index is 11.6. The highest BCUT2D eigenvalue weighted by molar-refractivity contribution is 6.18. The number of halogens is 2. The lowest BCUT2D eigenvalue weighted by Crippen LogP contribution is -2.24. The zero-order valence-electron chi connectivity index (χ0n) is 11.3. The second-order valence-corrected chi connectivity index (χ2v) is 5.02. The summed E-state index contributed by atoms with van der Waals surface area (Å²) in [5.74, 6) is 0.968. The van der Waals surface area contributed by atoms with Crippen molar-refractivity contribution in [1.29, 1.82) is 0 Å². The van der Waals surface area contributed by atoms with Crippen molar-refractivity contribution in [2.24, 2.45) is 0 Å². The van der Waals surface area contributed by atoms with E-state index < -0.39 is 6.16 Å². The summed E-state index contributed by atoms with van der Waals surface area (Å²) < 4.78 is 10.5. The third-order valence-corrected chi connectivity index (χ3v) is 3.05. The highest BCUT2D eigenvalue weighted by Gasteiger charge is 2.18. The van der Waals surface area contributed by atoms with Crippen molar-refractivity contribution in [3.63, 3.8) is 0 Å². The lowest BCUT2D eigenvalue weighted by atomic mass is 10.1. The van der Waals surface area contributed by atoms with E-state index in [1.807, 2.05) is 13.8 Å². The molecule has 0 aromatic heterocycles. The Hall–Kier alpha value is -0.150. The number of hydrogen-bond donors (Lipinski definition) is 0. The molecule has 0 aromatic carbocycles. The summed E-state index contributed by atoms with van der Waals surface area (Å²) in [6, 6.07) is 0. The van der Waals surface area contributed by atoms with Gasteiger partial charge in [-0.05, 0) is 25.7 Å². The van der Waals surface area contributed by atoms with Crippen molar-refractivity contribution in [3.05, 3.63) is 0 Å². The van der Waals surface area contributed by atoms with Crippen LogP contribution in [0.25, 0.3) is 0 Å². The molecule has 5 heteroatoms. The summed E-state index contributed by atoms with van der Waals surface area (Å²) in [6.07, 6.45) is 3.99. The van der Waals surface area contributed by atoms with Crippen LogP contribution in [-0.2, 0) is 9.47 Å². The zero-order valence-corrected chi connectivity index (χ0v) is 12.8. The molecule has 0 amide bonds. The first kappa shape index (κ1) is 17.8. The minimum atomic E-state index is -0.595. The largest absolute Gasteiger partial charge is 0.508 e. The van der Waals surface area contributed by atoms with Crippen molar-refractivity contribution in [1.82, 2.24) is 0 Å². The SMILES string of the molecule is CCCC(CCCl)OC(=O)OC(CCC)CCCl. The fourth-order valence-corrected chi connectivity index (χ4v) is 2.20. The van der Waals surface area contributed by atoms with Crippen molar-refractivity contribution >= 4 is 29.4 Å². The maximum absolute atomic E-state index is 11.6. The van der Waals surface area contributed by atoms with Crippen molar-refractivity contribution in [2.75, 3.05) is 11.8 Å². The molecular weight excluding hydrogens is 275 g/mol. The Labute approximate surface area is 120 Å². The number of hydrogen-bond acceptors (Lipinski definition) is 3. The van der Waals surface area contributed by atoms with Gasteiger partial charge in [-0.3, -0.25) is 0 Å².